The van der Waals surface area contributed by atoms with Crippen molar-refractivity contribution in [1.82, 2.24) is 0 Å². The molecule has 0 saturated carbocycles. The average molecular weight is 1400 g/mol. The molecule has 17 nitrogen and oxygen atoms in total. The highest BCUT2D eigenvalue weighted by molar-refractivity contribution is 7.47. The van der Waals surface area contributed by atoms with Crippen molar-refractivity contribution in [2.24, 2.45) is 17.8 Å². The van der Waals surface area contributed by atoms with Gasteiger partial charge < -0.3 is 33.8 Å². The number of rotatable bonds is 74. The number of carbonyl (C=O) groups is 4. The number of hydrogen-bond donors (Lipinski definition) is 3. The summed E-state index contributed by atoms with van der Waals surface area (Å²) in [6.45, 7) is 11.9. The Kier molecular flexibility index (Phi) is 65.2. The predicted octanol–water partition coefficient (Wildman–Crippen LogP) is 22.2. The molecule has 0 heterocycles. The normalized spacial score (nSPS) is 14.1. The summed E-state index contributed by atoms with van der Waals surface area (Å²) < 4.78 is 68.6. The molecule has 0 aliphatic carbocycles. The largest absolute Gasteiger partial charge is 0.472 e. The van der Waals surface area contributed by atoms with Gasteiger partial charge in [0.2, 0.25) is 0 Å². The van der Waals surface area contributed by atoms with Gasteiger partial charge in [-0.3, -0.25) is 37.3 Å². The third-order valence-corrected chi connectivity index (χ3v) is 19.5. The number of aliphatic hydroxyl groups is 1. The Morgan fingerprint density at radius 2 is 0.484 bits per heavy atom. The molecule has 19 heteroatoms. The lowest BCUT2D eigenvalue weighted by atomic mass is 10.0. The predicted molar refractivity (Wildman–Crippen MR) is 386 cm³/mol. The van der Waals surface area contributed by atoms with Crippen LogP contribution in [-0.4, -0.2) is 96.7 Å². The summed E-state index contributed by atoms with van der Waals surface area (Å²) in [7, 11) is -9.91. The van der Waals surface area contributed by atoms with E-state index in [1.807, 2.05) is 0 Å². The topological polar surface area (TPSA) is 237 Å². The van der Waals surface area contributed by atoms with Crippen molar-refractivity contribution < 1.29 is 80.2 Å². The lowest BCUT2D eigenvalue weighted by molar-refractivity contribution is -0.161. The SMILES string of the molecule is CCCCCCCCCCCCCCC(=O)OC[C@H](COP(=O)(O)OC[C@H](O)COP(=O)(O)OC[C@@H](COC(=O)CCCCCCCCCCCCCCC(C)C)OC(=O)CCCCCCCCCCCCCCC(C)C)OC(=O)CCCCCCCCCCCCC(C)C. The third-order valence-electron chi connectivity index (χ3n) is 17.6. The maximum Gasteiger partial charge on any atom is 0.472 e. The van der Waals surface area contributed by atoms with Gasteiger partial charge in [0, 0.05) is 25.7 Å². The molecule has 0 aliphatic heterocycles. The van der Waals surface area contributed by atoms with Crippen molar-refractivity contribution in [3.8, 4) is 0 Å². The molecule has 0 rings (SSSR count). The Morgan fingerprint density at radius 3 is 0.716 bits per heavy atom. The molecule has 95 heavy (non-hydrogen) atoms. The van der Waals surface area contributed by atoms with E-state index in [4.69, 9.17) is 37.0 Å². The summed E-state index contributed by atoms with van der Waals surface area (Å²) in [4.78, 5) is 72.9. The fourth-order valence-corrected chi connectivity index (χ4v) is 13.2. The van der Waals surface area contributed by atoms with Gasteiger partial charge in [0.25, 0.3) is 0 Å². The second-order valence-electron chi connectivity index (χ2n) is 28.8. The summed E-state index contributed by atoms with van der Waals surface area (Å²) in [6.07, 6.45) is 52.5. The number of phosphoric ester groups is 2. The Balaban J connectivity index is 5.27. The molecule has 0 amide bonds. The Bertz CT molecular complexity index is 1850. The molecule has 0 fully saturated rings. The Morgan fingerprint density at radius 1 is 0.284 bits per heavy atom. The van der Waals surface area contributed by atoms with Crippen LogP contribution in [0.25, 0.3) is 0 Å². The molecule has 5 atom stereocenters. The smallest absolute Gasteiger partial charge is 0.462 e. The van der Waals surface area contributed by atoms with Crippen LogP contribution >= 0.6 is 15.6 Å². The van der Waals surface area contributed by atoms with Crippen molar-refractivity contribution >= 4 is 39.5 Å². The van der Waals surface area contributed by atoms with E-state index in [1.165, 1.54) is 199 Å². The van der Waals surface area contributed by atoms with Crippen molar-refractivity contribution in [1.29, 1.82) is 0 Å². The van der Waals surface area contributed by atoms with Crippen LogP contribution in [0, 0.1) is 17.8 Å². The average Bonchev–Trinajstić information content (AvgIpc) is 2.90. The van der Waals surface area contributed by atoms with Crippen molar-refractivity contribution in [3.05, 3.63) is 0 Å². The van der Waals surface area contributed by atoms with Crippen molar-refractivity contribution in [3.63, 3.8) is 0 Å². The van der Waals surface area contributed by atoms with E-state index >= 15 is 0 Å². The van der Waals surface area contributed by atoms with E-state index in [2.05, 4.69) is 48.5 Å². The van der Waals surface area contributed by atoms with Gasteiger partial charge in [-0.15, -0.1) is 0 Å². The van der Waals surface area contributed by atoms with Crippen molar-refractivity contribution in [2.75, 3.05) is 39.6 Å². The summed E-state index contributed by atoms with van der Waals surface area (Å²) in [5.74, 6) is 0.195. The minimum absolute atomic E-state index is 0.106. The second-order valence-corrected chi connectivity index (χ2v) is 31.7. The van der Waals surface area contributed by atoms with Gasteiger partial charge in [-0.2, -0.15) is 0 Å². The first-order chi connectivity index (χ1) is 45.7. The molecule has 2 unspecified atom stereocenters. The van der Waals surface area contributed by atoms with Crippen LogP contribution in [0.4, 0.5) is 0 Å². The number of esters is 4. The molecule has 0 aromatic carbocycles. The number of phosphoric acid groups is 2. The second kappa shape index (κ2) is 66.6. The van der Waals surface area contributed by atoms with Crippen LogP contribution in [0.15, 0.2) is 0 Å². The van der Waals surface area contributed by atoms with E-state index in [9.17, 15) is 43.2 Å². The first-order valence-electron chi connectivity index (χ1n) is 39.3. The molecular weight excluding hydrogens is 1250 g/mol. The van der Waals surface area contributed by atoms with Gasteiger partial charge in [0.1, 0.15) is 19.3 Å². The van der Waals surface area contributed by atoms with Gasteiger partial charge in [-0.05, 0) is 43.4 Å². The standard InChI is InChI=1S/C76H148O17P2/c1-8-9-10-11-12-13-14-21-29-36-43-50-57-73(78)86-64-72(93-76(81)60-53-46-39-32-25-24-28-35-42-49-56-69(6)7)66-91-95(84,85)89-62-70(77)61-88-94(82,83)90-65-71(92-75(80)59-52-45-38-31-23-18-16-20-27-34-41-48-55-68(4)5)63-87-74(79)58-51-44-37-30-22-17-15-19-26-33-40-47-54-67(2)3/h67-72,77H,8-66H2,1-7H3,(H,82,83)(H,84,85)/t70-,71-,72-/m1/s1. The van der Waals surface area contributed by atoms with Gasteiger partial charge >= 0.3 is 39.5 Å². The van der Waals surface area contributed by atoms with Gasteiger partial charge in [-0.1, -0.05) is 337 Å². The maximum absolute atomic E-state index is 13.1. The molecule has 0 aromatic rings. The van der Waals surface area contributed by atoms with E-state index in [0.29, 0.717) is 25.7 Å². The van der Waals surface area contributed by atoms with E-state index in [0.717, 1.165) is 108 Å². The minimum Gasteiger partial charge on any atom is -0.462 e. The maximum atomic E-state index is 13.1. The van der Waals surface area contributed by atoms with E-state index < -0.39 is 97.5 Å². The molecule has 0 spiro atoms. The molecule has 564 valence electrons. The molecule has 0 aromatic heterocycles. The molecule has 0 aliphatic rings. The van der Waals surface area contributed by atoms with Crippen LogP contribution in [0.3, 0.4) is 0 Å². The number of ether oxygens (including phenoxy) is 4. The van der Waals surface area contributed by atoms with Gasteiger partial charge in [-0.25, -0.2) is 9.13 Å². The summed E-state index contributed by atoms with van der Waals surface area (Å²) in [5.41, 5.74) is 0. The van der Waals surface area contributed by atoms with Crippen molar-refractivity contribution in [2.45, 2.75) is 407 Å². The van der Waals surface area contributed by atoms with Crippen LogP contribution < -0.4 is 0 Å². The zero-order valence-electron chi connectivity index (χ0n) is 62.1. The molecule has 0 bridgehead atoms. The van der Waals surface area contributed by atoms with Crippen LogP contribution in [0.1, 0.15) is 389 Å². The molecule has 3 N–H and O–H groups in total. The van der Waals surface area contributed by atoms with Gasteiger partial charge in [0.05, 0.1) is 26.4 Å². The fraction of sp³-hybridized carbons (Fsp3) is 0.947. The molecule has 0 saturated heterocycles. The Labute approximate surface area is 581 Å². The van der Waals surface area contributed by atoms with Crippen LogP contribution in [0.5, 0.6) is 0 Å². The highest BCUT2D eigenvalue weighted by atomic mass is 31.2. The van der Waals surface area contributed by atoms with E-state index in [1.54, 1.807) is 0 Å². The molecular formula is C76H148O17P2. The van der Waals surface area contributed by atoms with Crippen LogP contribution in [0.2, 0.25) is 0 Å². The monoisotopic (exact) mass is 1400 g/mol. The van der Waals surface area contributed by atoms with Gasteiger partial charge in [0.15, 0.2) is 12.2 Å². The fourth-order valence-electron chi connectivity index (χ4n) is 11.6. The summed E-state index contributed by atoms with van der Waals surface area (Å²) in [6, 6.07) is 0. The number of aliphatic hydroxyl groups excluding tert-OH is 1. The first kappa shape index (κ1) is 93.1. The lowest BCUT2D eigenvalue weighted by Crippen LogP contribution is -2.30. The first-order valence-corrected chi connectivity index (χ1v) is 42.3. The minimum atomic E-state index is -4.96. The zero-order chi connectivity index (χ0) is 70.1. The number of hydrogen-bond acceptors (Lipinski definition) is 15. The zero-order valence-corrected chi connectivity index (χ0v) is 63.9. The Hall–Kier alpha value is -1.94. The number of unbranched alkanes of at least 4 members (excludes halogenated alkanes) is 42. The quantitative estimate of drug-likeness (QED) is 0.0222. The van der Waals surface area contributed by atoms with Crippen LogP contribution in [-0.2, 0) is 65.4 Å². The summed E-state index contributed by atoms with van der Waals surface area (Å²) >= 11 is 0. The highest BCUT2D eigenvalue weighted by Gasteiger charge is 2.30. The van der Waals surface area contributed by atoms with E-state index in [-0.39, 0.29) is 25.7 Å². The number of carbonyl (C=O) groups excluding carboxylic acids is 4. The molecule has 0 radical (unpaired) electrons. The lowest BCUT2D eigenvalue weighted by Gasteiger charge is -2.21. The third kappa shape index (κ3) is 70.3. The highest BCUT2D eigenvalue weighted by Crippen LogP contribution is 2.45. The summed E-state index contributed by atoms with van der Waals surface area (Å²) in [5, 5.41) is 10.6.